The first-order valence-electron chi connectivity index (χ1n) is 10.3. The Hall–Kier alpha value is -1.98. The molecule has 3 rings (SSSR count). The van der Waals surface area contributed by atoms with Crippen LogP contribution in [0.4, 0.5) is 5.69 Å². The van der Waals surface area contributed by atoms with Crippen LogP contribution in [0.2, 0.25) is 5.15 Å². The lowest BCUT2D eigenvalue weighted by atomic mass is 9.82. The molecule has 6 heteroatoms. The average molecular weight is 416 g/mol. The lowest BCUT2D eigenvalue weighted by Crippen LogP contribution is -2.20. The largest absolute Gasteiger partial charge is 0.496 e. The predicted octanol–water partition coefficient (Wildman–Crippen LogP) is 5.72. The molecule has 0 aliphatic carbocycles. The Kier molecular flexibility index (Phi) is 7.62. The molecule has 0 spiro atoms. The van der Waals surface area contributed by atoms with Crippen molar-refractivity contribution in [3.05, 3.63) is 46.5 Å². The zero-order valence-corrected chi connectivity index (χ0v) is 18.5. The van der Waals surface area contributed by atoms with Crippen LogP contribution in [-0.2, 0) is 4.74 Å². The summed E-state index contributed by atoms with van der Waals surface area (Å²) in [5.41, 5.74) is 3.37. The van der Waals surface area contributed by atoms with E-state index < -0.39 is 0 Å². The Labute approximate surface area is 178 Å². The number of para-hydroxylation sites is 1. The molecule has 1 aromatic heterocycles. The van der Waals surface area contributed by atoms with Crippen molar-refractivity contribution in [2.75, 3.05) is 20.3 Å². The Morgan fingerprint density at radius 3 is 2.76 bits per heavy atom. The van der Waals surface area contributed by atoms with Gasteiger partial charge in [0.05, 0.1) is 18.5 Å². The lowest BCUT2D eigenvalue weighted by molar-refractivity contribution is 0.170. The van der Waals surface area contributed by atoms with E-state index in [1.54, 1.807) is 7.11 Å². The summed E-state index contributed by atoms with van der Waals surface area (Å²) in [6.07, 6.45) is 4.22. The molecule has 2 aromatic rings. The zero-order chi connectivity index (χ0) is 20.8. The first kappa shape index (κ1) is 21.7. The van der Waals surface area contributed by atoms with E-state index in [2.05, 4.69) is 23.0 Å². The molecule has 0 N–H and O–H groups in total. The van der Waals surface area contributed by atoms with E-state index in [0.717, 1.165) is 61.6 Å². The number of halogens is 1. The first-order chi connectivity index (χ1) is 14.0. The van der Waals surface area contributed by atoms with Gasteiger partial charge in [0.25, 0.3) is 0 Å². The van der Waals surface area contributed by atoms with Crippen molar-refractivity contribution in [2.24, 2.45) is 16.8 Å². The van der Waals surface area contributed by atoms with Crippen LogP contribution >= 0.6 is 11.6 Å². The SMILES string of the molecule is CCCC(CC(=Nc1c(C)nc(C)nc1Cl)c1ccccc1OC)C1CCOC1. The molecule has 0 saturated carbocycles. The highest BCUT2D eigenvalue weighted by Gasteiger charge is 2.27. The zero-order valence-electron chi connectivity index (χ0n) is 17.7. The van der Waals surface area contributed by atoms with Crippen molar-refractivity contribution >= 4 is 23.0 Å². The van der Waals surface area contributed by atoms with E-state index in [1.807, 2.05) is 32.0 Å². The quantitative estimate of drug-likeness (QED) is 0.408. The molecule has 2 heterocycles. The highest BCUT2D eigenvalue weighted by molar-refractivity contribution is 6.32. The second kappa shape index (κ2) is 10.2. The van der Waals surface area contributed by atoms with Crippen molar-refractivity contribution in [3.8, 4) is 5.75 Å². The molecule has 1 aliphatic rings. The van der Waals surface area contributed by atoms with Crippen LogP contribution in [0.25, 0.3) is 0 Å². The number of rotatable bonds is 8. The predicted molar refractivity (Wildman–Crippen MR) is 118 cm³/mol. The third kappa shape index (κ3) is 5.34. The van der Waals surface area contributed by atoms with Gasteiger partial charge >= 0.3 is 0 Å². The molecule has 2 atom stereocenters. The van der Waals surface area contributed by atoms with Gasteiger partial charge in [0.1, 0.15) is 17.3 Å². The van der Waals surface area contributed by atoms with Crippen molar-refractivity contribution in [1.82, 2.24) is 9.97 Å². The minimum atomic E-state index is 0.388. The van der Waals surface area contributed by atoms with Gasteiger partial charge in [0, 0.05) is 18.8 Å². The molecule has 1 saturated heterocycles. The van der Waals surface area contributed by atoms with Crippen molar-refractivity contribution in [2.45, 2.75) is 46.5 Å². The van der Waals surface area contributed by atoms with Crippen LogP contribution in [0, 0.1) is 25.7 Å². The van der Waals surface area contributed by atoms with Crippen LogP contribution in [-0.4, -0.2) is 36.0 Å². The number of aromatic nitrogens is 2. The van der Waals surface area contributed by atoms with Gasteiger partial charge in [-0.25, -0.2) is 15.0 Å². The van der Waals surface area contributed by atoms with Gasteiger partial charge in [0.2, 0.25) is 0 Å². The highest BCUT2D eigenvalue weighted by atomic mass is 35.5. The van der Waals surface area contributed by atoms with Crippen LogP contribution < -0.4 is 4.74 Å². The lowest BCUT2D eigenvalue weighted by Gasteiger charge is -2.24. The topological polar surface area (TPSA) is 56.6 Å². The first-order valence-corrected chi connectivity index (χ1v) is 10.7. The average Bonchev–Trinajstić information content (AvgIpc) is 3.23. The summed E-state index contributed by atoms with van der Waals surface area (Å²) < 4.78 is 11.3. The molecular formula is C23H30ClN3O2. The summed E-state index contributed by atoms with van der Waals surface area (Å²) >= 11 is 6.46. The van der Waals surface area contributed by atoms with Gasteiger partial charge in [-0.1, -0.05) is 37.1 Å². The molecule has 0 radical (unpaired) electrons. The summed E-state index contributed by atoms with van der Waals surface area (Å²) in [7, 11) is 1.69. The molecule has 5 nitrogen and oxygen atoms in total. The van der Waals surface area contributed by atoms with E-state index in [9.17, 15) is 0 Å². The second-order valence-electron chi connectivity index (χ2n) is 7.63. The Morgan fingerprint density at radius 2 is 2.10 bits per heavy atom. The summed E-state index contributed by atoms with van der Waals surface area (Å²) in [5.74, 6) is 2.51. The second-order valence-corrected chi connectivity index (χ2v) is 7.99. The van der Waals surface area contributed by atoms with Crippen molar-refractivity contribution in [3.63, 3.8) is 0 Å². The van der Waals surface area contributed by atoms with Gasteiger partial charge in [-0.2, -0.15) is 0 Å². The molecule has 1 fully saturated rings. The third-order valence-electron chi connectivity index (χ3n) is 5.54. The molecule has 1 aromatic carbocycles. The number of ether oxygens (including phenoxy) is 2. The molecule has 0 amide bonds. The number of hydrogen-bond donors (Lipinski definition) is 0. The minimum absolute atomic E-state index is 0.388. The maximum atomic E-state index is 6.46. The number of aryl methyl sites for hydroxylation is 2. The highest BCUT2D eigenvalue weighted by Crippen LogP contribution is 2.34. The summed E-state index contributed by atoms with van der Waals surface area (Å²) in [6, 6.07) is 8.02. The maximum Gasteiger partial charge on any atom is 0.158 e. The fourth-order valence-corrected chi connectivity index (χ4v) is 4.38. The third-order valence-corrected chi connectivity index (χ3v) is 5.80. The maximum absolute atomic E-state index is 6.46. The number of benzene rings is 1. The van der Waals surface area contributed by atoms with Gasteiger partial charge in [-0.05, 0) is 57.1 Å². The Morgan fingerprint density at radius 1 is 1.31 bits per heavy atom. The fraction of sp³-hybridized carbons (Fsp3) is 0.522. The monoisotopic (exact) mass is 415 g/mol. The Balaban J connectivity index is 2.06. The van der Waals surface area contributed by atoms with E-state index >= 15 is 0 Å². The van der Waals surface area contributed by atoms with E-state index in [0.29, 0.717) is 28.5 Å². The number of methoxy groups -OCH3 is 1. The number of nitrogens with zero attached hydrogens (tertiary/aromatic N) is 3. The summed E-state index contributed by atoms with van der Waals surface area (Å²) in [6.45, 7) is 7.68. The van der Waals surface area contributed by atoms with Gasteiger partial charge < -0.3 is 9.47 Å². The van der Waals surface area contributed by atoms with Crippen LogP contribution in [0.3, 0.4) is 0 Å². The van der Waals surface area contributed by atoms with E-state index in [4.69, 9.17) is 26.1 Å². The Bertz CT molecular complexity index is 840. The fourth-order valence-electron chi connectivity index (χ4n) is 4.07. The number of hydrogen-bond acceptors (Lipinski definition) is 5. The molecular weight excluding hydrogens is 386 g/mol. The van der Waals surface area contributed by atoms with Crippen LogP contribution in [0.1, 0.15) is 49.7 Å². The molecule has 1 aliphatic heterocycles. The molecule has 29 heavy (non-hydrogen) atoms. The summed E-state index contributed by atoms with van der Waals surface area (Å²) in [4.78, 5) is 13.8. The minimum Gasteiger partial charge on any atom is -0.496 e. The smallest absolute Gasteiger partial charge is 0.158 e. The molecule has 2 unspecified atom stereocenters. The molecule has 156 valence electrons. The van der Waals surface area contributed by atoms with Crippen LogP contribution in [0.5, 0.6) is 5.75 Å². The standard InChI is InChI=1S/C23H30ClN3O2/c1-5-8-17(18-11-12-29-14-18)13-20(19-9-6-7-10-21(19)28-4)27-22-15(2)25-16(3)26-23(22)24/h6-7,9-10,17-18H,5,8,11-14H2,1-4H3. The van der Waals surface area contributed by atoms with E-state index in [-0.39, 0.29) is 0 Å². The van der Waals surface area contributed by atoms with E-state index in [1.165, 1.54) is 0 Å². The summed E-state index contributed by atoms with van der Waals surface area (Å²) in [5, 5.41) is 0.388. The normalized spacial score (nSPS) is 18.1. The molecule has 0 bridgehead atoms. The van der Waals surface area contributed by atoms with Crippen LogP contribution in [0.15, 0.2) is 29.3 Å². The number of aliphatic imine (C=N–C) groups is 1. The van der Waals surface area contributed by atoms with Gasteiger partial charge in [0.15, 0.2) is 5.15 Å². The van der Waals surface area contributed by atoms with Crippen molar-refractivity contribution < 1.29 is 9.47 Å². The van der Waals surface area contributed by atoms with Gasteiger partial charge in [-0.3, -0.25) is 0 Å². The van der Waals surface area contributed by atoms with Gasteiger partial charge in [-0.15, -0.1) is 0 Å². The van der Waals surface area contributed by atoms with Crippen molar-refractivity contribution in [1.29, 1.82) is 0 Å².